The number of nitrogens with one attached hydrogen (secondary N) is 2. The highest BCUT2D eigenvalue weighted by atomic mass is 16.4. The third kappa shape index (κ3) is 4.91. The highest BCUT2D eigenvalue weighted by Crippen LogP contribution is 2.12. The van der Waals surface area contributed by atoms with Crippen molar-refractivity contribution >= 4 is 23.5 Å². The number of carboxylic acids is 1. The molecule has 6 heteroatoms. The summed E-state index contributed by atoms with van der Waals surface area (Å²) in [6.45, 7) is 5.04. The van der Waals surface area contributed by atoms with E-state index >= 15 is 0 Å². The van der Waals surface area contributed by atoms with E-state index in [0.29, 0.717) is 17.7 Å². The third-order valence-corrected chi connectivity index (χ3v) is 3.23. The molecule has 2 amide bonds. The molecule has 0 fully saturated rings. The summed E-state index contributed by atoms with van der Waals surface area (Å²) in [4.78, 5) is 34.1. The number of benzene rings is 1. The fraction of sp³-hybridized carbons (Fsp3) is 0.400. The summed E-state index contributed by atoms with van der Waals surface area (Å²) < 4.78 is 0. The maximum atomic E-state index is 12.1. The van der Waals surface area contributed by atoms with Crippen LogP contribution in [0.25, 0.3) is 0 Å². The normalized spacial score (nSPS) is 13.1. The minimum absolute atomic E-state index is 0.162. The molecule has 21 heavy (non-hydrogen) atoms. The van der Waals surface area contributed by atoms with Crippen molar-refractivity contribution in [3.63, 3.8) is 0 Å². The minimum Gasteiger partial charge on any atom is -0.480 e. The highest BCUT2D eigenvalue weighted by molar-refractivity contribution is 5.97. The van der Waals surface area contributed by atoms with Crippen molar-refractivity contribution < 1.29 is 19.5 Å². The molecule has 1 unspecified atom stereocenters. The maximum absolute atomic E-state index is 12.1. The molecule has 6 nitrogen and oxygen atoms in total. The van der Waals surface area contributed by atoms with Crippen molar-refractivity contribution in [2.75, 3.05) is 5.32 Å². The summed E-state index contributed by atoms with van der Waals surface area (Å²) >= 11 is 0. The number of rotatable bonds is 6. The SMILES string of the molecule is CCC(C)[C@H](NC(=O)c1ccc(NC(C)=O)cc1)C(=O)O. The van der Waals surface area contributed by atoms with Gasteiger partial charge in [-0.3, -0.25) is 9.59 Å². The van der Waals surface area contributed by atoms with E-state index in [1.54, 1.807) is 19.1 Å². The Kier molecular flexibility index (Phi) is 5.90. The van der Waals surface area contributed by atoms with Gasteiger partial charge in [0.2, 0.25) is 5.91 Å². The van der Waals surface area contributed by atoms with Crippen LogP contribution in [-0.4, -0.2) is 28.9 Å². The molecule has 0 saturated heterocycles. The van der Waals surface area contributed by atoms with Gasteiger partial charge < -0.3 is 15.7 Å². The molecular weight excluding hydrogens is 272 g/mol. The molecule has 0 aromatic heterocycles. The van der Waals surface area contributed by atoms with Gasteiger partial charge in [-0.05, 0) is 30.2 Å². The Morgan fingerprint density at radius 3 is 2.19 bits per heavy atom. The van der Waals surface area contributed by atoms with Crippen molar-refractivity contribution in [2.24, 2.45) is 5.92 Å². The zero-order chi connectivity index (χ0) is 16.0. The summed E-state index contributed by atoms with van der Waals surface area (Å²) in [5, 5.41) is 14.3. The minimum atomic E-state index is -1.05. The number of hydrogen-bond acceptors (Lipinski definition) is 3. The summed E-state index contributed by atoms with van der Waals surface area (Å²) in [5.74, 6) is -1.86. The number of aliphatic carboxylic acids is 1. The van der Waals surface area contributed by atoms with E-state index in [2.05, 4.69) is 10.6 Å². The molecule has 3 N–H and O–H groups in total. The van der Waals surface area contributed by atoms with Crippen molar-refractivity contribution in [3.8, 4) is 0 Å². The van der Waals surface area contributed by atoms with Gasteiger partial charge in [-0.2, -0.15) is 0 Å². The van der Waals surface area contributed by atoms with Gasteiger partial charge in [-0.25, -0.2) is 4.79 Å². The van der Waals surface area contributed by atoms with Crippen LogP contribution in [0.1, 0.15) is 37.6 Å². The predicted molar refractivity (Wildman–Crippen MR) is 79.1 cm³/mol. The molecule has 1 aromatic rings. The van der Waals surface area contributed by atoms with E-state index in [0.717, 1.165) is 0 Å². The first-order valence-electron chi connectivity index (χ1n) is 6.76. The first-order valence-corrected chi connectivity index (χ1v) is 6.76. The molecule has 1 rings (SSSR count). The Morgan fingerprint density at radius 1 is 1.19 bits per heavy atom. The maximum Gasteiger partial charge on any atom is 0.326 e. The van der Waals surface area contributed by atoms with Crippen LogP contribution in [0.15, 0.2) is 24.3 Å². The largest absolute Gasteiger partial charge is 0.480 e. The summed E-state index contributed by atoms with van der Waals surface area (Å²) in [6.07, 6.45) is 0.652. The van der Waals surface area contributed by atoms with Gasteiger partial charge >= 0.3 is 5.97 Å². The van der Waals surface area contributed by atoms with Crippen LogP contribution in [0, 0.1) is 5.92 Å². The molecule has 0 saturated carbocycles. The Bertz CT molecular complexity index is 525. The van der Waals surface area contributed by atoms with Gasteiger partial charge in [0.05, 0.1) is 0 Å². The lowest BCUT2D eigenvalue weighted by molar-refractivity contribution is -0.140. The van der Waals surface area contributed by atoms with Crippen LogP contribution >= 0.6 is 0 Å². The van der Waals surface area contributed by atoms with Gasteiger partial charge in [0, 0.05) is 18.2 Å². The molecule has 0 aliphatic carbocycles. The molecule has 0 aliphatic heterocycles. The standard InChI is InChI=1S/C15H20N2O4/c1-4-9(2)13(15(20)21)17-14(19)11-5-7-12(8-6-11)16-10(3)18/h5-9,13H,4H2,1-3H3,(H,16,18)(H,17,19)(H,20,21)/t9?,13-/m0/s1. The van der Waals surface area contributed by atoms with Crippen molar-refractivity contribution in [1.29, 1.82) is 0 Å². The molecule has 0 radical (unpaired) electrons. The lowest BCUT2D eigenvalue weighted by Gasteiger charge is -2.20. The summed E-state index contributed by atoms with van der Waals surface area (Å²) in [5.41, 5.74) is 0.925. The van der Waals surface area contributed by atoms with E-state index < -0.39 is 17.9 Å². The predicted octanol–water partition coefficient (Wildman–Crippen LogP) is 1.87. The van der Waals surface area contributed by atoms with Crippen LogP contribution in [0.2, 0.25) is 0 Å². The third-order valence-electron chi connectivity index (χ3n) is 3.23. The van der Waals surface area contributed by atoms with E-state index in [1.165, 1.54) is 19.1 Å². The fourth-order valence-corrected chi connectivity index (χ4v) is 1.82. The highest BCUT2D eigenvalue weighted by Gasteiger charge is 2.25. The number of carboxylic acid groups (broad SMARTS) is 1. The van der Waals surface area contributed by atoms with E-state index in [-0.39, 0.29) is 11.8 Å². The van der Waals surface area contributed by atoms with Gasteiger partial charge in [0.25, 0.3) is 5.91 Å². The number of carbonyl (C=O) groups is 3. The van der Waals surface area contributed by atoms with Gasteiger partial charge in [0.1, 0.15) is 6.04 Å². The molecule has 114 valence electrons. The smallest absolute Gasteiger partial charge is 0.326 e. The monoisotopic (exact) mass is 292 g/mol. The number of amides is 2. The molecule has 0 aliphatic rings. The van der Waals surface area contributed by atoms with Crippen LogP contribution in [0.4, 0.5) is 5.69 Å². The average molecular weight is 292 g/mol. The first-order chi connectivity index (χ1) is 9.85. The second-order valence-corrected chi connectivity index (χ2v) is 4.93. The second-order valence-electron chi connectivity index (χ2n) is 4.93. The van der Waals surface area contributed by atoms with Gasteiger partial charge in [-0.15, -0.1) is 0 Å². The summed E-state index contributed by atoms with van der Waals surface area (Å²) in [6, 6.07) is 5.34. The van der Waals surface area contributed by atoms with Gasteiger partial charge in [-0.1, -0.05) is 20.3 Å². The van der Waals surface area contributed by atoms with E-state index in [4.69, 9.17) is 5.11 Å². The Hall–Kier alpha value is -2.37. The lowest BCUT2D eigenvalue weighted by Crippen LogP contribution is -2.45. The number of carbonyl (C=O) groups excluding carboxylic acids is 2. The Labute approximate surface area is 123 Å². The second kappa shape index (κ2) is 7.42. The van der Waals surface area contributed by atoms with Crippen molar-refractivity contribution in [3.05, 3.63) is 29.8 Å². The van der Waals surface area contributed by atoms with Crippen molar-refractivity contribution in [2.45, 2.75) is 33.2 Å². The number of anilines is 1. The molecule has 0 bridgehead atoms. The quantitative estimate of drug-likeness (QED) is 0.746. The van der Waals surface area contributed by atoms with Crippen LogP contribution < -0.4 is 10.6 Å². The molecule has 0 heterocycles. The Morgan fingerprint density at radius 2 is 1.76 bits per heavy atom. The zero-order valence-electron chi connectivity index (χ0n) is 12.3. The average Bonchev–Trinajstić information content (AvgIpc) is 2.43. The molecule has 2 atom stereocenters. The van der Waals surface area contributed by atoms with E-state index in [9.17, 15) is 14.4 Å². The number of hydrogen-bond donors (Lipinski definition) is 3. The van der Waals surface area contributed by atoms with Crippen molar-refractivity contribution in [1.82, 2.24) is 5.32 Å². The molecular formula is C15H20N2O4. The first kappa shape index (κ1) is 16.7. The molecule has 1 aromatic carbocycles. The summed E-state index contributed by atoms with van der Waals surface area (Å²) in [7, 11) is 0. The van der Waals surface area contributed by atoms with Crippen LogP contribution in [-0.2, 0) is 9.59 Å². The Balaban J connectivity index is 2.78. The van der Waals surface area contributed by atoms with Crippen LogP contribution in [0.5, 0.6) is 0 Å². The zero-order valence-corrected chi connectivity index (χ0v) is 12.3. The lowest BCUT2D eigenvalue weighted by atomic mass is 9.99. The fourth-order valence-electron chi connectivity index (χ4n) is 1.82. The van der Waals surface area contributed by atoms with Gasteiger partial charge in [0.15, 0.2) is 0 Å². The van der Waals surface area contributed by atoms with E-state index in [1.807, 2.05) is 6.92 Å². The molecule has 0 spiro atoms. The van der Waals surface area contributed by atoms with Crippen LogP contribution in [0.3, 0.4) is 0 Å². The topological polar surface area (TPSA) is 95.5 Å².